The molecular formula is C15H13F2N5O5S. The molecule has 148 valence electrons. The van der Waals surface area contributed by atoms with Crippen LogP contribution in [0.25, 0.3) is 10.2 Å². The standard InChI is InChI=1S/C15H13F2N5O5S/c1-7(21-6-10(22(24)25)13(20-21)26-2)12(23)19-15-18-9-4-3-8(27-14(16)17)5-11(9)28-15/h3-7,14H,1-2H3,(H,18,19,23). The van der Waals surface area contributed by atoms with E-state index >= 15 is 0 Å². The molecule has 0 saturated carbocycles. The van der Waals surface area contributed by atoms with Gasteiger partial charge >= 0.3 is 18.2 Å². The molecule has 0 aliphatic heterocycles. The molecule has 1 atom stereocenters. The number of carbonyl (C=O) groups is 1. The number of aromatic nitrogens is 3. The molecule has 28 heavy (non-hydrogen) atoms. The molecule has 0 aliphatic rings. The van der Waals surface area contributed by atoms with Crippen LogP contribution in [0.15, 0.2) is 24.4 Å². The predicted octanol–water partition coefficient (Wildman–Crippen LogP) is 3.21. The van der Waals surface area contributed by atoms with E-state index in [0.717, 1.165) is 22.2 Å². The zero-order chi connectivity index (χ0) is 20.4. The van der Waals surface area contributed by atoms with Crippen molar-refractivity contribution in [1.29, 1.82) is 0 Å². The molecular weight excluding hydrogens is 400 g/mol. The topological polar surface area (TPSA) is 121 Å². The number of hydrogen-bond acceptors (Lipinski definition) is 8. The first-order valence-electron chi connectivity index (χ1n) is 7.72. The normalized spacial score (nSPS) is 12.2. The van der Waals surface area contributed by atoms with Gasteiger partial charge in [-0.05, 0) is 25.1 Å². The highest BCUT2D eigenvalue weighted by Gasteiger charge is 2.25. The van der Waals surface area contributed by atoms with Crippen molar-refractivity contribution >= 4 is 38.3 Å². The lowest BCUT2D eigenvalue weighted by Crippen LogP contribution is -2.24. The van der Waals surface area contributed by atoms with E-state index in [9.17, 15) is 23.7 Å². The molecule has 1 unspecified atom stereocenters. The number of methoxy groups -OCH3 is 1. The second-order valence-corrected chi connectivity index (χ2v) is 6.48. The summed E-state index contributed by atoms with van der Waals surface area (Å²) in [5.41, 5.74) is 0.125. The average Bonchev–Trinajstić information content (AvgIpc) is 3.23. The second-order valence-electron chi connectivity index (χ2n) is 5.45. The third-order valence-corrected chi connectivity index (χ3v) is 4.60. The van der Waals surface area contributed by atoms with Crippen molar-refractivity contribution in [3.05, 3.63) is 34.5 Å². The predicted molar refractivity (Wildman–Crippen MR) is 95.0 cm³/mol. The molecule has 1 aromatic carbocycles. The summed E-state index contributed by atoms with van der Waals surface area (Å²) < 4.78 is 35.4. The van der Waals surface area contributed by atoms with E-state index < -0.39 is 23.5 Å². The Morgan fingerprint density at radius 1 is 1.43 bits per heavy atom. The lowest BCUT2D eigenvalue weighted by Gasteiger charge is -2.10. The molecule has 0 saturated heterocycles. The molecule has 3 rings (SSSR count). The van der Waals surface area contributed by atoms with Crippen LogP contribution >= 0.6 is 11.3 Å². The molecule has 1 N–H and O–H groups in total. The summed E-state index contributed by atoms with van der Waals surface area (Å²) in [5, 5.41) is 17.7. The van der Waals surface area contributed by atoms with Crippen LogP contribution in [0.1, 0.15) is 13.0 Å². The van der Waals surface area contributed by atoms with Crippen molar-refractivity contribution in [2.75, 3.05) is 12.4 Å². The van der Waals surface area contributed by atoms with Crippen molar-refractivity contribution in [1.82, 2.24) is 14.8 Å². The maximum atomic E-state index is 12.4. The Hall–Kier alpha value is -3.35. The van der Waals surface area contributed by atoms with Crippen LogP contribution in [0.3, 0.4) is 0 Å². The third-order valence-electron chi connectivity index (χ3n) is 3.66. The zero-order valence-corrected chi connectivity index (χ0v) is 15.3. The first kappa shape index (κ1) is 19.4. The summed E-state index contributed by atoms with van der Waals surface area (Å²) in [6.07, 6.45) is 1.09. The summed E-state index contributed by atoms with van der Waals surface area (Å²) in [7, 11) is 1.23. The van der Waals surface area contributed by atoms with Crippen molar-refractivity contribution < 1.29 is 28.0 Å². The first-order valence-corrected chi connectivity index (χ1v) is 8.54. The van der Waals surface area contributed by atoms with Crippen LogP contribution < -0.4 is 14.8 Å². The van der Waals surface area contributed by atoms with Crippen LogP contribution in [0.4, 0.5) is 19.6 Å². The maximum Gasteiger partial charge on any atom is 0.387 e. The van der Waals surface area contributed by atoms with Crippen molar-refractivity contribution in [3.8, 4) is 11.6 Å². The molecule has 10 nitrogen and oxygen atoms in total. The number of rotatable bonds is 7. The van der Waals surface area contributed by atoms with Gasteiger partial charge in [-0.25, -0.2) is 9.67 Å². The number of nitrogens with zero attached hydrogens (tertiary/aromatic N) is 4. The molecule has 0 radical (unpaired) electrons. The van der Waals surface area contributed by atoms with Gasteiger partial charge in [0.1, 0.15) is 18.0 Å². The second kappa shape index (κ2) is 7.72. The summed E-state index contributed by atoms with van der Waals surface area (Å²) in [6, 6.07) is 3.33. The van der Waals surface area contributed by atoms with Gasteiger partial charge in [0.25, 0.3) is 5.91 Å². The van der Waals surface area contributed by atoms with Gasteiger partial charge < -0.3 is 14.8 Å². The van der Waals surface area contributed by atoms with E-state index in [1.54, 1.807) is 0 Å². The molecule has 0 bridgehead atoms. The highest BCUT2D eigenvalue weighted by atomic mass is 32.1. The van der Waals surface area contributed by atoms with E-state index in [1.165, 1.54) is 32.2 Å². The van der Waals surface area contributed by atoms with E-state index in [-0.39, 0.29) is 22.4 Å². The number of anilines is 1. The number of ether oxygens (including phenoxy) is 2. The number of halogens is 2. The molecule has 3 aromatic rings. The lowest BCUT2D eigenvalue weighted by atomic mass is 10.3. The van der Waals surface area contributed by atoms with Crippen LogP contribution in [0.2, 0.25) is 0 Å². The summed E-state index contributed by atoms with van der Waals surface area (Å²) in [6.45, 7) is -1.45. The Morgan fingerprint density at radius 3 is 2.79 bits per heavy atom. The molecule has 0 spiro atoms. The molecule has 0 fully saturated rings. The first-order chi connectivity index (χ1) is 13.3. The average molecular weight is 413 g/mol. The van der Waals surface area contributed by atoms with Crippen LogP contribution in [0.5, 0.6) is 11.6 Å². The fraction of sp³-hybridized carbons (Fsp3) is 0.267. The van der Waals surface area contributed by atoms with Crippen LogP contribution in [-0.2, 0) is 4.79 Å². The molecule has 2 heterocycles. The fourth-order valence-corrected chi connectivity index (χ4v) is 3.20. The van der Waals surface area contributed by atoms with Gasteiger partial charge in [-0.2, -0.15) is 8.78 Å². The number of hydrogen-bond donors (Lipinski definition) is 1. The molecule has 13 heteroatoms. The number of thiazole rings is 1. The Balaban J connectivity index is 1.77. The Kier molecular flexibility index (Phi) is 5.35. The molecule has 2 aromatic heterocycles. The maximum absolute atomic E-state index is 12.4. The van der Waals surface area contributed by atoms with Gasteiger partial charge in [-0.15, -0.1) is 5.10 Å². The minimum absolute atomic E-state index is 0.0201. The van der Waals surface area contributed by atoms with Crippen LogP contribution in [-0.4, -0.2) is 39.3 Å². The smallest absolute Gasteiger partial charge is 0.387 e. The Labute approximate surface area is 159 Å². The number of alkyl halides is 2. The summed E-state index contributed by atoms with van der Waals surface area (Å²) in [4.78, 5) is 26.9. The SMILES string of the molecule is COc1nn(C(C)C(=O)Nc2nc3ccc(OC(F)F)cc3s2)cc1[N+](=O)[O-]. The minimum atomic E-state index is -2.94. The van der Waals surface area contributed by atoms with Gasteiger partial charge in [-0.3, -0.25) is 14.9 Å². The van der Waals surface area contributed by atoms with Gasteiger partial charge in [0, 0.05) is 0 Å². The number of nitrogens with one attached hydrogen (secondary N) is 1. The van der Waals surface area contributed by atoms with E-state index in [2.05, 4.69) is 20.1 Å². The molecule has 0 aliphatic carbocycles. The highest BCUT2D eigenvalue weighted by Crippen LogP contribution is 2.31. The number of amides is 1. The summed E-state index contributed by atoms with van der Waals surface area (Å²) >= 11 is 1.07. The lowest BCUT2D eigenvalue weighted by molar-refractivity contribution is -0.385. The van der Waals surface area contributed by atoms with E-state index in [4.69, 9.17) is 4.74 Å². The van der Waals surface area contributed by atoms with Crippen molar-refractivity contribution in [2.24, 2.45) is 0 Å². The number of benzene rings is 1. The van der Waals surface area contributed by atoms with Gasteiger partial charge in [0.15, 0.2) is 5.13 Å². The quantitative estimate of drug-likeness (QED) is 0.466. The molecule has 1 amide bonds. The van der Waals surface area contributed by atoms with Crippen LogP contribution in [0, 0.1) is 10.1 Å². The van der Waals surface area contributed by atoms with Gasteiger partial charge in [0.2, 0.25) is 0 Å². The van der Waals surface area contributed by atoms with E-state index in [1.807, 2.05) is 0 Å². The minimum Gasteiger partial charge on any atom is -0.475 e. The van der Waals surface area contributed by atoms with Crippen molar-refractivity contribution in [2.45, 2.75) is 19.6 Å². The monoisotopic (exact) mass is 413 g/mol. The Morgan fingerprint density at radius 2 is 2.18 bits per heavy atom. The van der Waals surface area contributed by atoms with Gasteiger partial charge in [0.05, 0.1) is 22.2 Å². The van der Waals surface area contributed by atoms with Gasteiger partial charge in [-0.1, -0.05) is 11.3 Å². The third kappa shape index (κ3) is 3.98. The van der Waals surface area contributed by atoms with Crippen molar-refractivity contribution in [3.63, 3.8) is 0 Å². The fourth-order valence-electron chi connectivity index (χ4n) is 2.30. The number of nitro groups is 1. The summed E-state index contributed by atoms with van der Waals surface area (Å²) in [5.74, 6) is -0.757. The zero-order valence-electron chi connectivity index (χ0n) is 14.5. The van der Waals surface area contributed by atoms with E-state index in [0.29, 0.717) is 10.2 Å². The largest absolute Gasteiger partial charge is 0.475 e. The number of fused-ring (bicyclic) bond motifs is 1. The highest BCUT2D eigenvalue weighted by molar-refractivity contribution is 7.22. The number of carbonyl (C=O) groups excluding carboxylic acids is 1. The Bertz CT molecular complexity index is 1040.